The first-order valence-electron chi connectivity index (χ1n) is 9.47. The minimum absolute atomic E-state index is 0.0618. The predicted octanol–water partition coefficient (Wildman–Crippen LogP) is 3.17. The number of morpholine rings is 1. The highest BCUT2D eigenvalue weighted by atomic mass is 32.2. The van der Waals surface area contributed by atoms with E-state index in [4.69, 9.17) is 10.5 Å². The van der Waals surface area contributed by atoms with Gasteiger partial charge in [0.05, 0.1) is 13.2 Å². The quantitative estimate of drug-likeness (QED) is 0.507. The molecule has 0 aliphatic carbocycles. The summed E-state index contributed by atoms with van der Waals surface area (Å²) in [6.07, 6.45) is 0. The van der Waals surface area contributed by atoms with Crippen molar-refractivity contribution in [1.82, 2.24) is 9.29 Å². The van der Waals surface area contributed by atoms with Crippen molar-refractivity contribution in [3.8, 4) is 11.1 Å². The van der Waals surface area contributed by atoms with Gasteiger partial charge in [0, 0.05) is 39.6 Å². The van der Waals surface area contributed by atoms with Crippen molar-refractivity contribution >= 4 is 48.3 Å². The van der Waals surface area contributed by atoms with Crippen LogP contribution in [0.15, 0.2) is 52.7 Å². The van der Waals surface area contributed by atoms with E-state index in [2.05, 4.69) is 16.4 Å². The Morgan fingerprint density at radius 3 is 2.63 bits per heavy atom. The third-order valence-corrected chi connectivity index (χ3v) is 8.31. The predicted molar refractivity (Wildman–Crippen MR) is 117 cm³/mol. The molecule has 2 aromatic carbocycles. The van der Waals surface area contributed by atoms with Crippen LogP contribution in [0.5, 0.6) is 0 Å². The number of carbonyl (C=O) groups excluding carboxylic acids is 1. The van der Waals surface area contributed by atoms with E-state index in [9.17, 15) is 13.2 Å². The van der Waals surface area contributed by atoms with Crippen LogP contribution in [-0.2, 0) is 14.8 Å². The monoisotopic (exact) mass is 441 g/mol. The van der Waals surface area contributed by atoms with E-state index in [0.29, 0.717) is 24.1 Å². The number of hydrogen-bond donors (Lipinski definition) is 2. The normalized spacial score (nSPS) is 15.7. The van der Waals surface area contributed by atoms with Gasteiger partial charge < -0.3 is 15.5 Å². The summed E-state index contributed by atoms with van der Waals surface area (Å²) in [5, 5.41) is 3.62. The molecule has 7 nitrogen and oxygen atoms in total. The van der Waals surface area contributed by atoms with Gasteiger partial charge in [-0.2, -0.15) is 4.31 Å². The molecule has 2 aromatic heterocycles. The molecule has 1 amide bonds. The molecule has 154 valence electrons. The molecule has 0 atom stereocenters. The lowest BCUT2D eigenvalue weighted by Gasteiger charge is -2.26. The van der Waals surface area contributed by atoms with E-state index >= 15 is 0 Å². The highest BCUT2D eigenvalue weighted by Crippen LogP contribution is 2.37. The molecule has 1 saturated heterocycles. The third kappa shape index (κ3) is 3.02. The summed E-state index contributed by atoms with van der Waals surface area (Å²) in [5.74, 6) is -0.805. The van der Waals surface area contributed by atoms with Crippen molar-refractivity contribution in [1.29, 1.82) is 0 Å². The first-order chi connectivity index (χ1) is 14.5. The number of nitrogens with zero attached hydrogens (tertiary/aromatic N) is 1. The van der Waals surface area contributed by atoms with Gasteiger partial charge in [-0.15, -0.1) is 11.3 Å². The van der Waals surface area contributed by atoms with E-state index < -0.39 is 15.9 Å². The van der Waals surface area contributed by atoms with E-state index in [1.807, 2.05) is 30.3 Å². The Labute approximate surface area is 177 Å². The first kappa shape index (κ1) is 19.3. The van der Waals surface area contributed by atoms with Gasteiger partial charge in [0.2, 0.25) is 10.0 Å². The first-order valence-corrected chi connectivity index (χ1v) is 11.8. The summed E-state index contributed by atoms with van der Waals surface area (Å²) in [5.41, 5.74) is 7.90. The number of aromatic nitrogens is 1. The zero-order valence-corrected chi connectivity index (χ0v) is 17.6. The van der Waals surface area contributed by atoms with Crippen molar-refractivity contribution in [3.05, 3.63) is 53.5 Å². The molecule has 30 heavy (non-hydrogen) atoms. The molecule has 1 aliphatic heterocycles. The number of H-pyrrole nitrogens is 1. The van der Waals surface area contributed by atoms with Crippen LogP contribution >= 0.6 is 11.3 Å². The number of sulfonamides is 1. The van der Waals surface area contributed by atoms with E-state index in [1.165, 1.54) is 4.31 Å². The van der Waals surface area contributed by atoms with Gasteiger partial charge in [0.1, 0.15) is 10.6 Å². The van der Waals surface area contributed by atoms with Crippen LogP contribution in [0.2, 0.25) is 0 Å². The molecule has 1 fully saturated rings. The van der Waals surface area contributed by atoms with Crippen LogP contribution in [0.4, 0.5) is 0 Å². The minimum atomic E-state index is -3.93. The Balaban J connectivity index is 1.74. The lowest BCUT2D eigenvalue weighted by atomic mass is 10.0. The van der Waals surface area contributed by atoms with E-state index in [1.54, 1.807) is 17.4 Å². The molecule has 3 N–H and O–H groups in total. The highest BCUT2D eigenvalue weighted by Gasteiger charge is 2.33. The summed E-state index contributed by atoms with van der Waals surface area (Å²) in [6.45, 7) is 1.11. The summed E-state index contributed by atoms with van der Waals surface area (Å²) in [6, 6.07) is 13.6. The second-order valence-electron chi connectivity index (χ2n) is 7.12. The number of amides is 1. The number of fused-ring (bicyclic) bond motifs is 2. The molecule has 4 aromatic rings. The van der Waals surface area contributed by atoms with Crippen molar-refractivity contribution in [3.63, 3.8) is 0 Å². The average molecular weight is 442 g/mol. The number of rotatable bonds is 4. The Hall–Kier alpha value is -2.72. The van der Waals surface area contributed by atoms with Crippen LogP contribution in [0.25, 0.3) is 32.1 Å². The van der Waals surface area contributed by atoms with Crippen LogP contribution in [-0.4, -0.2) is 49.9 Å². The number of ether oxygens (including phenoxy) is 1. The SMILES string of the molecule is NC(=O)c1[nH]c2ccc(-c3csc4ccccc34)cc2c1S(=O)(=O)N1CCOCC1. The summed E-state index contributed by atoms with van der Waals surface area (Å²) >= 11 is 1.63. The Morgan fingerprint density at radius 2 is 1.87 bits per heavy atom. The molecular formula is C21H19N3O4S2. The van der Waals surface area contributed by atoms with E-state index in [0.717, 1.165) is 21.2 Å². The number of thiophene rings is 1. The van der Waals surface area contributed by atoms with Gasteiger partial charge in [-0.1, -0.05) is 24.3 Å². The average Bonchev–Trinajstić information content (AvgIpc) is 3.36. The van der Waals surface area contributed by atoms with Crippen molar-refractivity contribution in [2.24, 2.45) is 5.73 Å². The maximum absolute atomic E-state index is 13.4. The van der Waals surface area contributed by atoms with Gasteiger partial charge >= 0.3 is 0 Å². The Kier molecular flexibility index (Phi) is 4.62. The molecule has 9 heteroatoms. The molecule has 5 rings (SSSR count). The standard InChI is InChI=1S/C21H19N3O4S2/c22-21(25)19-20(30(26,27)24-7-9-28-10-8-24)15-11-13(5-6-17(15)23-19)16-12-29-18-4-2-1-3-14(16)18/h1-6,11-12,23H,7-10H2,(H2,22,25). The molecule has 1 aliphatic rings. The van der Waals surface area contributed by atoms with Gasteiger partial charge in [0.15, 0.2) is 0 Å². The summed E-state index contributed by atoms with van der Waals surface area (Å²) < 4.78 is 34.7. The second-order valence-corrected chi connectivity index (χ2v) is 9.90. The molecule has 0 saturated carbocycles. The molecule has 3 heterocycles. The fraction of sp³-hybridized carbons (Fsp3) is 0.190. The highest BCUT2D eigenvalue weighted by molar-refractivity contribution is 7.89. The number of aromatic amines is 1. The Morgan fingerprint density at radius 1 is 1.10 bits per heavy atom. The maximum atomic E-state index is 13.4. The number of primary amides is 1. The Bertz CT molecular complexity index is 1380. The molecule has 0 spiro atoms. The van der Waals surface area contributed by atoms with Gasteiger partial charge in [0.25, 0.3) is 5.91 Å². The van der Waals surface area contributed by atoms with Gasteiger partial charge in [-0.3, -0.25) is 4.79 Å². The van der Waals surface area contributed by atoms with Gasteiger partial charge in [-0.05, 0) is 29.1 Å². The molecule has 0 bridgehead atoms. The van der Waals surface area contributed by atoms with Crippen molar-refractivity contribution in [2.75, 3.05) is 26.3 Å². The largest absolute Gasteiger partial charge is 0.379 e. The smallest absolute Gasteiger partial charge is 0.266 e. The topological polar surface area (TPSA) is 105 Å². The van der Waals surface area contributed by atoms with Crippen LogP contribution in [0.3, 0.4) is 0 Å². The number of hydrogen-bond acceptors (Lipinski definition) is 5. The number of nitrogens with one attached hydrogen (secondary N) is 1. The number of benzene rings is 2. The fourth-order valence-corrected chi connectivity index (χ4v) is 6.61. The zero-order chi connectivity index (χ0) is 20.9. The third-order valence-electron chi connectivity index (χ3n) is 5.36. The van der Waals surface area contributed by atoms with Crippen LogP contribution in [0.1, 0.15) is 10.5 Å². The minimum Gasteiger partial charge on any atom is -0.379 e. The number of nitrogens with two attached hydrogens (primary N) is 1. The van der Waals surface area contributed by atoms with Crippen LogP contribution < -0.4 is 5.73 Å². The lowest BCUT2D eigenvalue weighted by molar-refractivity contribution is 0.0730. The lowest BCUT2D eigenvalue weighted by Crippen LogP contribution is -2.41. The fourth-order valence-electron chi connectivity index (χ4n) is 3.89. The van der Waals surface area contributed by atoms with Crippen LogP contribution in [0, 0.1) is 0 Å². The van der Waals surface area contributed by atoms with Crippen molar-refractivity contribution in [2.45, 2.75) is 4.90 Å². The van der Waals surface area contributed by atoms with E-state index in [-0.39, 0.29) is 23.7 Å². The molecular weight excluding hydrogens is 422 g/mol. The second kappa shape index (κ2) is 7.21. The maximum Gasteiger partial charge on any atom is 0.266 e. The molecule has 0 unspecified atom stereocenters. The zero-order valence-electron chi connectivity index (χ0n) is 15.9. The number of carbonyl (C=O) groups is 1. The van der Waals surface area contributed by atoms with Crippen molar-refractivity contribution < 1.29 is 17.9 Å². The summed E-state index contributed by atoms with van der Waals surface area (Å²) in [4.78, 5) is 14.9. The summed E-state index contributed by atoms with van der Waals surface area (Å²) in [7, 11) is -3.93. The molecule has 0 radical (unpaired) electrons. The van der Waals surface area contributed by atoms with Gasteiger partial charge in [-0.25, -0.2) is 8.42 Å².